The summed E-state index contributed by atoms with van der Waals surface area (Å²) < 4.78 is 68.3. The van der Waals surface area contributed by atoms with Crippen molar-refractivity contribution in [3.63, 3.8) is 0 Å². The van der Waals surface area contributed by atoms with Gasteiger partial charge in [0.2, 0.25) is 21.9 Å². The van der Waals surface area contributed by atoms with Gasteiger partial charge in [0.15, 0.2) is 11.6 Å². The van der Waals surface area contributed by atoms with E-state index >= 15 is 0 Å². The molecule has 2 aromatic carbocycles. The summed E-state index contributed by atoms with van der Waals surface area (Å²) in [6.45, 7) is -1.96. The van der Waals surface area contributed by atoms with Gasteiger partial charge >= 0.3 is 6.55 Å². The Bertz CT molecular complexity index is 1430. The second kappa shape index (κ2) is 9.64. The summed E-state index contributed by atoms with van der Waals surface area (Å²) in [5, 5.41) is 5.55. The first-order valence-electron chi connectivity index (χ1n) is 10.7. The van der Waals surface area contributed by atoms with Crippen LogP contribution in [0.1, 0.15) is 16.7 Å². The van der Waals surface area contributed by atoms with E-state index in [9.17, 15) is 26.4 Å². The van der Waals surface area contributed by atoms with Gasteiger partial charge in [0.05, 0.1) is 42.5 Å². The third kappa shape index (κ3) is 5.20. The smallest absolute Gasteiger partial charge is 0.316 e. The topological polar surface area (TPSA) is 108 Å². The van der Waals surface area contributed by atoms with Crippen LogP contribution >= 0.6 is 0 Å². The predicted molar refractivity (Wildman–Crippen MR) is 131 cm³/mol. The van der Waals surface area contributed by atoms with Crippen molar-refractivity contribution >= 4 is 44.8 Å². The molecule has 1 amide bonds. The molecule has 0 saturated carbocycles. The molecule has 1 aliphatic heterocycles. The number of sulfonamides is 1. The predicted octanol–water partition coefficient (Wildman–Crippen LogP) is 3.79. The van der Waals surface area contributed by atoms with E-state index in [0.717, 1.165) is 27.9 Å². The second-order valence-electron chi connectivity index (χ2n) is 8.32. The number of para-hydroxylation sites is 1. The number of fused-ring (bicyclic) bond motifs is 1. The lowest BCUT2D eigenvalue weighted by Gasteiger charge is -2.27. The monoisotopic (exact) mass is 520 g/mol. The number of amides is 1. The highest BCUT2D eigenvalue weighted by molar-refractivity contribution is 7.92. The lowest BCUT2D eigenvalue weighted by Crippen LogP contribution is -2.32. The van der Waals surface area contributed by atoms with Gasteiger partial charge in [0.25, 0.3) is 0 Å². The highest BCUT2D eigenvalue weighted by atomic mass is 32.2. The molecule has 0 bridgehead atoms. The Hall–Kier alpha value is -3.87. The number of hydrogen-bond donors (Lipinski definition) is 2. The van der Waals surface area contributed by atoms with Crippen molar-refractivity contribution in [2.24, 2.45) is 0 Å². The number of alkyl halides is 2. The molecule has 0 radical (unpaired) electrons. The van der Waals surface area contributed by atoms with E-state index in [1.165, 1.54) is 13.1 Å². The summed E-state index contributed by atoms with van der Waals surface area (Å²) >= 11 is 0. The molecular weight excluding hydrogens is 497 g/mol. The summed E-state index contributed by atoms with van der Waals surface area (Å²) in [5.74, 6) is -2.12. The molecule has 4 rings (SSSR count). The molecule has 0 atom stereocenters. The number of benzene rings is 2. The Balaban J connectivity index is 1.69. The van der Waals surface area contributed by atoms with Gasteiger partial charge in [-0.3, -0.25) is 14.0 Å². The first-order valence-corrected chi connectivity index (χ1v) is 12.6. The summed E-state index contributed by atoms with van der Waals surface area (Å²) in [5.41, 5.74) is 2.81. The van der Waals surface area contributed by atoms with E-state index in [1.54, 1.807) is 37.3 Å². The Morgan fingerprint density at radius 3 is 2.67 bits per heavy atom. The van der Waals surface area contributed by atoms with Crippen LogP contribution in [0.2, 0.25) is 0 Å². The highest BCUT2D eigenvalue weighted by Gasteiger charge is 2.27. The molecular formula is C23H23F3N6O3S. The van der Waals surface area contributed by atoms with Gasteiger partial charge in [-0.2, -0.15) is 13.8 Å². The van der Waals surface area contributed by atoms with Crippen LogP contribution in [0.15, 0.2) is 42.6 Å². The zero-order chi connectivity index (χ0) is 26.2. The van der Waals surface area contributed by atoms with Crippen molar-refractivity contribution in [2.45, 2.75) is 26.4 Å². The van der Waals surface area contributed by atoms with Crippen molar-refractivity contribution < 1.29 is 26.4 Å². The summed E-state index contributed by atoms with van der Waals surface area (Å²) in [6.07, 6.45) is 1.95. The zero-order valence-electron chi connectivity index (χ0n) is 19.6. The van der Waals surface area contributed by atoms with Crippen LogP contribution in [0, 0.1) is 12.7 Å². The third-order valence-electron chi connectivity index (χ3n) is 5.66. The maximum atomic E-state index is 14.7. The van der Waals surface area contributed by atoms with Crippen molar-refractivity contribution in [1.29, 1.82) is 0 Å². The molecule has 9 nitrogen and oxygen atoms in total. The van der Waals surface area contributed by atoms with Crippen molar-refractivity contribution in [1.82, 2.24) is 9.97 Å². The Morgan fingerprint density at radius 1 is 1.22 bits per heavy atom. The number of aryl methyl sites for hydroxylation is 1. The molecule has 0 aliphatic carbocycles. The molecule has 2 N–H and O–H groups in total. The first-order chi connectivity index (χ1) is 16.9. The second-order valence-corrected chi connectivity index (χ2v) is 10.3. The van der Waals surface area contributed by atoms with E-state index in [4.69, 9.17) is 0 Å². The lowest BCUT2D eigenvalue weighted by molar-refractivity contribution is -0.115. The van der Waals surface area contributed by atoms with Gasteiger partial charge in [-0.1, -0.05) is 24.3 Å². The minimum absolute atomic E-state index is 0.163. The number of carbonyl (C=O) groups excluding carboxylic acids is 1. The van der Waals surface area contributed by atoms with E-state index in [-0.39, 0.29) is 29.5 Å². The van der Waals surface area contributed by atoms with Crippen LogP contribution in [0.4, 0.5) is 42.0 Å². The van der Waals surface area contributed by atoms with Gasteiger partial charge in [-0.25, -0.2) is 17.8 Å². The Kier molecular flexibility index (Phi) is 6.76. The molecule has 1 aromatic heterocycles. The van der Waals surface area contributed by atoms with Crippen LogP contribution < -0.4 is 19.8 Å². The number of nitrogens with zero attached hydrogens (tertiary/aromatic N) is 4. The number of nitrogens with one attached hydrogen (secondary N) is 2. The fourth-order valence-electron chi connectivity index (χ4n) is 3.80. The van der Waals surface area contributed by atoms with Gasteiger partial charge in [-0.15, -0.1) is 0 Å². The maximum Gasteiger partial charge on any atom is 0.316 e. The normalized spacial score (nSPS) is 12.9. The SMILES string of the molecule is Cc1ccc(CN(c2nc(Nc3cccc4c3NC(=O)C4)ncc2F)C(F)F)c(N(C)S(C)(=O)=O)c1. The molecule has 3 aromatic rings. The summed E-state index contributed by atoms with van der Waals surface area (Å²) in [4.78, 5) is 20.0. The van der Waals surface area contributed by atoms with Crippen molar-refractivity contribution in [3.8, 4) is 0 Å². The average Bonchev–Trinajstić information content (AvgIpc) is 3.19. The molecule has 0 saturated heterocycles. The molecule has 0 fully saturated rings. The van der Waals surface area contributed by atoms with Gasteiger partial charge in [-0.05, 0) is 35.7 Å². The van der Waals surface area contributed by atoms with Crippen LogP contribution in [0.5, 0.6) is 0 Å². The van der Waals surface area contributed by atoms with Crippen LogP contribution in [-0.4, -0.2) is 44.1 Å². The van der Waals surface area contributed by atoms with Gasteiger partial charge < -0.3 is 10.6 Å². The van der Waals surface area contributed by atoms with E-state index in [2.05, 4.69) is 20.6 Å². The van der Waals surface area contributed by atoms with Crippen molar-refractivity contribution in [3.05, 3.63) is 65.1 Å². The third-order valence-corrected chi connectivity index (χ3v) is 6.86. The molecule has 190 valence electrons. The Labute approximate surface area is 206 Å². The van der Waals surface area contributed by atoms with Crippen molar-refractivity contribution in [2.75, 3.05) is 33.1 Å². The average molecular weight is 521 g/mol. The largest absolute Gasteiger partial charge is 0.324 e. The fraction of sp³-hybridized carbons (Fsp3) is 0.261. The van der Waals surface area contributed by atoms with E-state index < -0.39 is 34.8 Å². The van der Waals surface area contributed by atoms with Gasteiger partial charge in [0.1, 0.15) is 0 Å². The number of anilines is 5. The van der Waals surface area contributed by atoms with Crippen LogP contribution in [0.3, 0.4) is 0 Å². The molecule has 0 spiro atoms. The fourth-order valence-corrected chi connectivity index (χ4v) is 4.32. The first kappa shape index (κ1) is 25.2. The molecule has 13 heteroatoms. The molecule has 2 heterocycles. The summed E-state index contributed by atoms with van der Waals surface area (Å²) in [6, 6.07) is 9.81. The highest BCUT2D eigenvalue weighted by Crippen LogP contribution is 2.34. The van der Waals surface area contributed by atoms with Gasteiger partial charge in [0, 0.05) is 7.05 Å². The number of rotatable bonds is 8. The zero-order valence-corrected chi connectivity index (χ0v) is 20.4. The lowest BCUT2D eigenvalue weighted by atomic mass is 10.1. The van der Waals surface area contributed by atoms with E-state index in [0.29, 0.717) is 16.3 Å². The Morgan fingerprint density at radius 2 is 1.97 bits per heavy atom. The van der Waals surface area contributed by atoms with E-state index in [1.807, 2.05) is 0 Å². The molecule has 36 heavy (non-hydrogen) atoms. The number of carbonyl (C=O) groups is 1. The maximum absolute atomic E-state index is 14.7. The standard InChI is InChI=1S/C23H23F3N6O3S/c1-13-7-8-15(18(9-13)31(2)36(3,34)35)12-32(22(25)26)21-16(24)11-27-23(30-21)28-17-6-4-5-14-10-19(33)29-20(14)17/h4-9,11,22H,10,12H2,1-3H3,(H,29,33)(H,27,28,30). The minimum atomic E-state index is -3.69. The summed E-state index contributed by atoms with van der Waals surface area (Å²) in [7, 11) is -2.38. The quantitative estimate of drug-likeness (QED) is 0.435. The molecule has 0 unspecified atom stereocenters. The molecule has 1 aliphatic rings. The number of aromatic nitrogens is 2. The number of halogens is 3. The van der Waals surface area contributed by atoms with Crippen LogP contribution in [-0.2, 0) is 27.8 Å². The van der Waals surface area contributed by atoms with Crippen LogP contribution in [0.25, 0.3) is 0 Å². The number of hydrogen-bond acceptors (Lipinski definition) is 7. The minimum Gasteiger partial charge on any atom is -0.324 e.